The van der Waals surface area contributed by atoms with E-state index in [1.807, 2.05) is 36.4 Å². The zero-order chi connectivity index (χ0) is 26.0. The quantitative estimate of drug-likeness (QED) is 0.319. The maximum Gasteiger partial charge on any atom is 0.256 e. The molecule has 6 nitrogen and oxygen atoms in total. The molecule has 1 aliphatic rings. The van der Waals surface area contributed by atoms with Gasteiger partial charge in [0.2, 0.25) is 10.0 Å². The Balaban J connectivity index is 1.33. The number of ether oxygens (including phenoxy) is 1. The molecule has 37 heavy (non-hydrogen) atoms. The van der Waals surface area contributed by atoms with Crippen LogP contribution in [-0.2, 0) is 22.9 Å². The number of hydrogen-bond donors (Lipinski definition) is 2. The molecule has 0 radical (unpaired) electrons. The molecule has 0 spiro atoms. The van der Waals surface area contributed by atoms with Crippen molar-refractivity contribution in [3.8, 4) is 16.9 Å². The van der Waals surface area contributed by atoms with Crippen molar-refractivity contribution in [3.63, 3.8) is 0 Å². The first-order valence-corrected chi connectivity index (χ1v) is 13.6. The second-order valence-electron chi connectivity index (χ2n) is 8.90. The summed E-state index contributed by atoms with van der Waals surface area (Å²) in [6.07, 6.45) is 1.14. The summed E-state index contributed by atoms with van der Waals surface area (Å²) in [6, 6.07) is 26.4. The molecule has 8 heteroatoms. The van der Waals surface area contributed by atoms with Gasteiger partial charge in [0.1, 0.15) is 5.75 Å². The van der Waals surface area contributed by atoms with Gasteiger partial charge in [-0.15, -0.1) is 0 Å². The molecule has 0 aromatic heterocycles. The number of rotatable bonds is 7. The maximum absolute atomic E-state index is 13.3. The van der Waals surface area contributed by atoms with E-state index < -0.39 is 10.0 Å². The number of carbonyl (C=O) groups is 1. The average Bonchev–Trinajstić information content (AvgIpc) is 3.30. The molecule has 0 saturated heterocycles. The lowest BCUT2D eigenvalue weighted by molar-refractivity contribution is 0.102. The summed E-state index contributed by atoms with van der Waals surface area (Å²) in [5, 5.41) is 3.60. The van der Waals surface area contributed by atoms with E-state index in [4.69, 9.17) is 16.3 Å². The molecule has 4 aromatic rings. The van der Waals surface area contributed by atoms with Crippen molar-refractivity contribution in [2.24, 2.45) is 0 Å². The highest BCUT2D eigenvalue weighted by atomic mass is 35.5. The molecule has 0 bridgehead atoms. The minimum Gasteiger partial charge on any atom is -0.497 e. The third kappa shape index (κ3) is 5.54. The monoisotopic (exact) mass is 532 g/mol. The second kappa shape index (κ2) is 10.4. The summed E-state index contributed by atoms with van der Waals surface area (Å²) in [4.78, 5) is 13.6. The molecule has 0 fully saturated rings. The summed E-state index contributed by atoms with van der Waals surface area (Å²) < 4.78 is 33.7. The van der Waals surface area contributed by atoms with Gasteiger partial charge < -0.3 is 10.1 Å². The van der Waals surface area contributed by atoms with Crippen LogP contribution in [0.15, 0.2) is 95.9 Å². The van der Waals surface area contributed by atoms with Crippen LogP contribution < -0.4 is 14.8 Å². The highest BCUT2D eigenvalue weighted by Gasteiger charge is 2.27. The van der Waals surface area contributed by atoms with Gasteiger partial charge in [0.05, 0.1) is 12.0 Å². The van der Waals surface area contributed by atoms with Crippen molar-refractivity contribution < 1.29 is 17.9 Å². The summed E-state index contributed by atoms with van der Waals surface area (Å²) in [5.74, 6) is 0.384. The Morgan fingerprint density at radius 3 is 2.35 bits per heavy atom. The van der Waals surface area contributed by atoms with Gasteiger partial charge in [-0.3, -0.25) is 4.79 Å². The van der Waals surface area contributed by atoms with E-state index in [0.717, 1.165) is 22.3 Å². The van der Waals surface area contributed by atoms with Gasteiger partial charge in [0.15, 0.2) is 0 Å². The second-order valence-corrected chi connectivity index (χ2v) is 11.0. The summed E-state index contributed by atoms with van der Waals surface area (Å²) in [5.41, 5.74) is 4.78. The van der Waals surface area contributed by atoms with Crippen LogP contribution in [0.2, 0.25) is 5.02 Å². The largest absolute Gasteiger partial charge is 0.497 e. The molecule has 1 aliphatic carbocycles. The first-order chi connectivity index (χ1) is 17.8. The van der Waals surface area contributed by atoms with Crippen molar-refractivity contribution >= 4 is 33.2 Å². The van der Waals surface area contributed by atoms with Gasteiger partial charge in [0, 0.05) is 22.3 Å². The first-order valence-electron chi connectivity index (χ1n) is 11.8. The van der Waals surface area contributed by atoms with Crippen LogP contribution in [-0.4, -0.2) is 27.5 Å². The van der Waals surface area contributed by atoms with Crippen LogP contribution in [0.3, 0.4) is 0 Å². The van der Waals surface area contributed by atoms with Crippen LogP contribution in [0, 0.1) is 0 Å². The van der Waals surface area contributed by atoms with Crippen molar-refractivity contribution in [3.05, 3.63) is 113 Å². The van der Waals surface area contributed by atoms with Crippen LogP contribution in [0.1, 0.15) is 21.5 Å². The molecule has 5 rings (SSSR count). The Bertz CT molecular complexity index is 1560. The topological polar surface area (TPSA) is 84.5 Å². The van der Waals surface area contributed by atoms with Crippen molar-refractivity contribution in [1.29, 1.82) is 0 Å². The Morgan fingerprint density at radius 2 is 1.62 bits per heavy atom. The summed E-state index contributed by atoms with van der Waals surface area (Å²) in [6.45, 7) is 0. The number of hydrogen-bond acceptors (Lipinski definition) is 4. The van der Waals surface area contributed by atoms with Crippen LogP contribution in [0.25, 0.3) is 11.1 Å². The van der Waals surface area contributed by atoms with Gasteiger partial charge in [0.25, 0.3) is 5.91 Å². The average molecular weight is 533 g/mol. The predicted molar refractivity (Wildman–Crippen MR) is 146 cm³/mol. The smallest absolute Gasteiger partial charge is 0.256 e. The van der Waals surface area contributed by atoms with E-state index >= 15 is 0 Å². The minimum atomic E-state index is -3.60. The van der Waals surface area contributed by atoms with E-state index in [1.54, 1.807) is 61.7 Å². The molecule has 1 amide bonds. The van der Waals surface area contributed by atoms with Crippen LogP contribution in [0.5, 0.6) is 5.75 Å². The van der Waals surface area contributed by atoms with E-state index in [0.29, 0.717) is 34.9 Å². The number of nitrogens with one attached hydrogen (secondary N) is 2. The number of carbonyl (C=O) groups excluding carboxylic acids is 1. The van der Waals surface area contributed by atoms with E-state index in [1.165, 1.54) is 0 Å². The molecule has 1 unspecified atom stereocenters. The molecule has 0 saturated carbocycles. The fraction of sp³-hybridized carbons (Fsp3) is 0.138. The fourth-order valence-electron chi connectivity index (χ4n) is 4.58. The lowest BCUT2D eigenvalue weighted by atomic mass is 9.98. The lowest BCUT2D eigenvalue weighted by Crippen LogP contribution is -2.35. The molecular weight excluding hydrogens is 508 g/mol. The van der Waals surface area contributed by atoms with Crippen molar-refractivity contribution in [2.75, 3.05) is 12.4 Å². The number of sulfonamides is 1. The fourth-order valence-corrected chi connectivity index (χ4v) is 5.96. The van der Waals surface area contributed by atoms with Crippen molar-refractivity contribution in [2.45, 2.75) is 23.8 Å². The zero-order valence-electron chi connectivity index (χ0n) is 20.1. The number of benzene rings is 4. The van der Waals surface area contributed by atoms with E-state index in [2.05, 4.69) is 10.0 Å². The molecule has 2 N–H and O–H groups in total. The molecule has 0 aliphatic heterocycles. The molecule has 4 aromatic carbocycles. The Hall–Kier alpha value is -3.65. The van der Waals surface area contributed by atoms with Gasteiger partial charge in [-0.2, -0.15) is 0 Å². The van der Waals surface area contributed by atoms with Gasteiger partial charge >= 0.3 is 0 Å². The number of amides is 1. The number of fused-ring (bicyclic) bond motifs is 1. The SMILES string of the molecule is COc1ccc(C(=O)Nc2ccc3c(c2)CC(NS(=O)(=O)c2ccccc2)C3)c(-c2ccc(Cl)cc2)c1. The van der Waals surface area contributed by atoms with Gasteiger partial charge in [-0.1, -0.05) is 48.0 Å². The minimum absolute atomic E-state index is 0.245. The van der Waals surface area contributed by atoms with E-state index in [-0.39, 0.29) is 16.8 Å². The zero-order valence-corrected chi connectivity index (χ0v) is 21.6. The maximum atomic E-state index is 13.3. The Kier molecular flexibility index (Phi) is 7.02. The number of halogens is 1. The summed E-state index contributed by atoms with van der Waals surface area (Å²) in [7, 11) is -2.02. The highest BCUT2D eigenvalue weighted by Crippen LogP contribution is 2.31. The third-order valence-corrected chi connectivity index (χ3v) is 8.19. The summed E-state index contributed by atoms with van der Waals surface area (Å²) >= 11 is 6.05. The molecule has 0 heterocycles. The van der Waals surface area contributed by atoms with Crippen LogP contribution >= 0.6 is 11.6 Å². The first kappa shape index (κ1) is 25.0. The Labute approximate surface area is 221 Å². The molecule has 1 atom stereocenters. The standard InChI is InChI=1S/C29H25ClN2O4S/c1-36-25-13-14-27(28(18-25)19-7-10-22(30)11-8-19)29(33)31-23-12-9-20-15-24(17-21(20)16-23)32-37(34,35)26-5-3-2-4-6-26/h2-14,16,18,24,32H,15,17H2,1H3,(H,31,33). The van der Waals surface area contributed by atoms with E-state index in [9.17, 15) is 13.2 Å². The van der Waals surface area contributed by atoms with Gasteiger partial charge in [-0.25, -0.2) is 13.1 Å². The van der Waals surface area contributed by atoms with Gasteiger partial charge in [-0.05, 0) is 89.7 Å². The Morgan fingerprint density at radius 1 is 0.892 bits per heavy atom. The molecular formula is C29H25ClN2O4S. The third-order valence-electron chi connectivity index (χ3n) is 6.40. The normalized spacial score (nSPS) is 14.7. The molecule has 188 valence electrons. The van der Waals surface area contributed by atoms with Crippen LogP contribution in [0.4, 0.5) is 5.69 Å². The van der Waals surface area contributed by atoms with Crippen molar-refractivity contribution in [1.82, 2.24) is 4.72 Å². The highest BCUT2D eigenvalue weighted by molar-refractivity contribution is 7.89. The number of methoxy groups -OCH3 is 1. The predicted octanol–water partition coefficient (Wildman–Crippen LogP) is 5.71. The lowest BCUT2D eigenvalue weighted by Gasteiger charge is -2.13. The number of anilines is 1.